The zero-order valence-electron chi connectivity index (χ0n) is 15.7. The third-order valence-corrected chi connectivity index (χ3v) is 4.30. The summed E-state index contributed by atoms with van der Waals surface area (Å²) in [4.78, 5) is 26.5. The summed E-state index contributed by atoms with van der Waals surface area (Å²) in [5.74, 6) is -2.03. The van der Waals surface area contributed by atoms with E-state index < -0.39 is 48.4 Å². The molecule has 2 aliphatic heterocycles. The molecular weight excluding hydrogens is 370 g/mol. The molecule has 0 bridgehead atoms. The lowest BCUT2D eigenvalue weighted by Gasteiger charge is -2.28. The molecule has 0 aliphatic carbocycles. The normalized spacial score (nSPS) is 28.7. The van der Waals surface area contributed by atoms with Gasteiger partial charge in [0.05, 0.1) is 5.56 Å². The van der Waals surface area contributed by atoms with E-state index in [0.29, 0.717) is 5.56 Å². The molecule has 5 atom stereocenters. The van der Waals surface area contributed by atoms with Crippen LogP contribution in [0.25, 0.3) is 10.4 Å². The van der Waals surface area contributed by atoms with Crippen molar-refractivity contribution in [3.05, 3.63) is 46.3 Å². The second-order valence-electron chi connectivity index (χ2n) is 6.88. The SMILES string of the molecule is CC(=O)O[C@@H]1[C@H]2OC(C)(C)O[C@H]2O[C@@H]1[C@H](COC(=O)c1ccccc1)N=[N+]=[N-]. The van der Waals surface area contributed by atoms with Crippen molar-refractivity contribution >= 4 is 11.9 Å². The van der Waals surface area contributed by atoms with Crippen LogP contribution in [0.3, 0.4) is 0 Å². The molecule has 1 aromatic rings. The van der Waals surface area contributed by atoms with Crippen molar-refractivity contribution in [2.75, 3.05) is 6.61 Å². The van der Waals surface area contributed by atoms with Crippen molar-refractivity contribution in [2.24, 2.45) is 5.11 Å². The number of benzene rings is 1. The van der Waals surface area contributed by atoms with E-state index in [2.05, 4.69) is 10.0 Å². The van der Waals surface area contributed by atoms with Gasteiger partial charge in [-0.1, -0.05) is 23.3 Å². The molecule has 0 aromatic heterocycles. The summed E-state index contributed by atoms with van der Waals surface area (Å²) in [7, 11) is 0. The van der Waals surface area contributed by atoms with Crippen molar-refractivity contribution < 1.29 is 33.3 Å². The first-order chi connectivity index (χ1) is 13.3. The Morgan fingerprint density at radius 1 is 1.29 bits per heavy atom. The van der Waals surface area contributed by atoms with Gasteiger partial charge in [-0.3, -0.25) is 4.79 Å². The zero-order valence-corrected chi connectivity index (χ0v) is 15.7. The Balaban J connectivity index is 1.74. The van der Waals surface area contributed by atoms with Crippen LogP contribution in [0.1, 0.15) is 31.1 Å². The number of hydrogen-bond acceptors (Lipinski definition) is 8. The Bertz CT molecular complexity index is 779. The lowest BCUT2D eigenvalue weighted by molar-refractivity contribution is -0.221. The average molecular weight is 391 g/mol. The fourth-order valence-corrected chi connectivity index (χ4v) is 3.22. The minimum atomic E-state index is -0.942. The van der Waals surface area contributed by atoms with Gasteiger partial charge in [0.2, 0.25) is 0 Å². The first kappa shape index (κ1) is 20.1. The first-order valence-electron chi connectivity index (χ1n) is 8.75. The minimum absolute atomic E-state index is 0.261. The number of rotatable bonds is 6. The molecule has 0 spiro atoms. The van der Waals surface area contributed by atoms with Gasteiger partial charge >= 0.3 is 11.9 Å². The summed E-state index contributed by atoms with van der Waals surface area (Å²) < 4.78 is 27.9. The average Bonchev–Trinajstić information content (AvgIpc) is 3.11. The predicted octanol–water partition coefficient (Wildman–Crippen LogP) is 2.33. The highest BCUT2D eigenvalue weighted by Crippen LogP contribution is 2.40. The molecule has 3 rings (SSSR count). The lowest BCUT2D eigenvalue weighted by Crippen LogP contribution is -2.44. The molecule has 10 nitrogen and oxygen atoms in total. The van der Waals surface area contributed by atoms with Crippen molar-refractivity contribution in [2.45, 2.75) is 57.2 Å². The molecular formula is C18H21N3O7. The van der Waals surface area contributed by atoms with Gasteiger partial charge < -0.3 is 23.7 Å². The van der Waals surface area contributed by atoms with Gasteiger partial charge in [-0.2, -0.15) is 0 Å². The molecule has 150 valence electrons. The molecule has 28 heavy (non-hydrogen) atoms. The quantitative estimate of drug-likeness (QED) is 0.315. The topological polar surface area (TPSA) is 129 Å². The van der Waals surface area contributed by atoms with Gasteiger partial charge in [0.1, 0.15) is 18.8 Å². The van der Waals surface area contributed by atoms with Gasteiger partial charge in [-0.05, 0) is 31.5 Å². The second-order valence-corrected chi connectivity index (χ2v) is 6.88. The molecule has 2 fully saturated rings. The van der Waals surface area contributed by atoms with Crippen LogP contribution in [0.2, 0.25) is 0 Å². The van der Waals surface area contributed by atoms with Crippen LogP contribution in [0.5, 0.6) is 0 Å². The van der Waals surface area contributed by atoms with E-state index in [1.807, 2.05) is 0 Å². The Labute approximate surface area is 161 Å². The largest absolute Gasteiger partial charge is 0.462 e. The van der Waals surface area contributed by atoms with E-state index in [4.69, 9.17) is 29.2 Å². The summed E-state index contributed by atoms with van der Waals surface area (Å²) in [6.45, 7) is 4.41. The number of hydrogen-bond donors (Lipinski definition) is 0. The number of carbonyl (C=O) groups is 2. The van der Waals surface area contributed by atoms with Crippen LogP contribution in [0.4, 0.5) is 0 Å². The number of fused-ring (bicyclic) bond motifs is 1. The summed E-state index contributed by atoms with van der Waals surface area (Å²) in [5, 5.41) is 3.67. The molecule has 0 amide bonds. The van der Waals surface area contributed by atoms with E-state index in [9.17, 15) is 9.59 Å². The Hall–Kier alpha value is -2.65. The highest BCUT2D eigenvalue weighted by molar-refractivity contribution is 5.89. The van der Waals surface area contributed by atoms with E-state index in [0.717, 1.165) is 0 Å². The maximum atomic E-state index is 12.2. The van der Waals surface area contributed by atoms with Crippen LogP contribution in [-0.2, 0) is 28.5 Å². The standard InChI is InChI=1S/C18H21N3O7/c1-10(22)25-14-13(26-17-15(14)27-18(2,3)28-17)12(20-21-19)9-24-16(23)11-7-5-4-6-8-11/h4-8,12-15,17H,9H2,1-3H3/t12-,13+,14-,15+,17+/m0/s1. The van der Waals surface area contributed by atoms with Crippen LogP contribution >= 0.6 is 0 Å². The van der Waals surface area contributed by atoms with E-state index >= 15 is 0 Å². The molecule has 2 heterocycles. The van der Waals surface area contributed by atoms with Gasteiger partial charge in [0.25, 0.3) is 0 Å². The Kier molecular flexibility index (Phi) is 5.85. The number of carbonyl (C=O) groups excluding carboxylic acids is 2. The third-order valence-electron chi connectivity index (χ3n) is 4.30. The number of esters is 2. The monoisotopic (exact) mass is 391 g/mol. The number of nitrogens with zero attached hydrogens (tertiary/aromatic N) is 3. The van der Waals surface area contributed by atoms with Crippen molar-refractivity contribution in [3.8, 4) is 0 Å². The maximum Gasteiger partial charge on any atom is 0.338 e. The smallest absolute Gasteiger partial charge is 0.338 e. The molecule has 0 saturated carbocycles. The van der Waals surface area contributed by atoms with Crippen LogP contribution in [0, 0.1) is 0 Å². The molecule has 0 unspecified atom stereocenters. The van der Waals surface area contributed by atoms with Crippen molar-refractivity contribution in [1.29, 1.82) is 0 Å². The van der Waals surface area contributed by atoms with Crippen molar-refractivity contribution in [1.82, 2.24) is 0 Å². The summed E-state index contributed by atoms with van der Waals surface area (Å²) in [6, 6.07) is 7.45. The molecule has 2 saturated heterocycles. The number of ether oxygens (including phenoxy) is 5. The fraction of sp³-hybridized carbons (Fsp3) is 0.556. The zero-order chi connectivity index (χ0) is 20.3. The predicted molar refractivity (Wildman–Crippen MR) is 93.9 cm³/mol. The van der Waals surface area contributed by atoms with E-state index in [1.165, 1.54) is 6.92 Å². The van der Waals surface area contributed by atoms with Gasteiger partial charge in [-0.25, -0.2) is 4.79 Å². The highest BCUT2D eigenvalue weighted by Gasteiger charge is 2.58. The minimum Gasteiger partial charge on any atom is -0.462 e. The molecule has 10 heteroatoms. The van der Waals surface area contributed by atoms with Gasteiger partial charge in [0, 0.05) is 11.8 Å². The second kappa shape index (κ2) is 8.15. The van der Waals surface area contributed by atoms with E-state index in [1.54, 1.807) is 44.2 Å². The number of azide groups is 1. The molecule has 0 radical (unpaired) electrons. The molecule has 1 aromatic carbocycles. The highest BCUT2D eigenvalue weighted by atomic mass is 16.8. The molecule has 0 N–H and O–H groups in total. The lowest BCUT2D eigenvalue weighted by atomic mass is 10.0. The Morgan fingerprint density at radius 2 is 2.00 bits per heavy atom. The Morgan fingerprint density at radius 3 is 2.64 bits per heavy atom. The summed E-state index contributed by atoms with van der Waals surface area (Å²) in [6.07, 6.45) is -3.26. The summed E-state index contributed by atoms with van der Waals surface area (Å²) >= 11 is 0. The van der Waals surface area contributed by atoms with Crippen LogP contribution in [0.15, 0.2) is 35.4 Å². The maximum absolute atomic E-state index is 12.2. The first-order valence-corrected chi connectivity index (χ1v) is 8.75. The van der Waals surface area contributed by atoms with Crippen LogP contribution < -0.4 is 0 Å². The van der Waals surface area contributed by atoms with Crippen molar-refractivity contribution in [3.63, 3.8) is 0 Å². The molecule has 2 aliphatic rings. The third kappa shape index (κ3) is 4.42. The van der Waals surface area contributed by atoms with Crippen LogP contribution in [-0.4, -0.2) is 55.0 Å². The fourth-order valence-electron chi connectivity index (χ4n) is 3.22. The van der Waals surface area contributed by atoms with Gasteiger partial charge in [0.15, 0.2) is 24.3 Å². The van der Waals surface area contributed by atoms with Gasteiger partial charge in [-0.15, -0.1) is 0 Å². The summed E-state index contributed by atoms with van der Waals surface area (Å²) in [5.41, 5.74) is 9.28. The van der Waals surface area contributed by atoms with E-state index in [-0.39, 0.29) is 6.61 Å².